The van der Waals surface area contributed by atoms with E-state index in [2.05, 4.69) is 39.8 Å². The van der Waals surface area contributed by atoms with Crippen molar-refractivity contribution < 1.29 is 14.0 Å². The van der Waals surface area contributed by atoms with Crippen molar-refractivity contribution in [2.24, 2.45) is 5.92 Å². The molecular formula is C18H27BO3. The second-order valence-corrected chi connectivity index (χ2v) is 7.61. The van der Waals surface area contributed by atoms with Gasteiger partial charge in [-0.15, -0.1) is 0 Å². The summed E-state index contributed by atoms with van der Waals surface area (Å²) in [5.74, 6) is 1.86. The summed E-state index contributed by atoms with van der Waals surface area (Å²) in [6.45, 7) is 8.50. The number of ether oxygens (including phenoxy) is 1. The van der Waals surface area contributed by atoms with Gasteiger partial charge in [-0.2, -0.15) is 0 Å². The Morgan fingerprint density at radius 3 is 2.00 bits per heavy atom. The van der Waals surface area contributed by atoms with Crippen molar-refractivity contribution in [2.45, 2.75) is 64.0 Å². The van der Waals surface area contributed by atoms with E-state index in [9.17, 15) is 0 Å². The Labute approximate surface area is 134 Å². The third-order valence-corrected chi connectivity index (χ3v) is 5.72. The monoisotopic (exact) mass is 302 g/mol. The number of methoxy groups -OCH3 is 1. The number of hydrogen-bond donors (Lipinski definition) is 0. The average Bonchev–Trinajstić information content (AvgIpc) is 2.62. The van der Waals surface area contributed by atoms with Crippen LogP contribution in [0.25, 0.3) is 0 Å². The van der Waals surface area contributed by atoms with Crippen LogP contribution in [-0.4, -0.2) is 25.4 Å². The lowest BCUT2D eigenvalue weighted by Gasteiger charge is -2.35. The van der Waals surface area contributed by atoms with Gasteiger partial charge in [0.25, 0.3) is 0 Å². The van der Waals surface area contributed by atoms with Gasteiger partial charge < -0.3 is 14.0 Å². The molecule has 0 aromatic heterocycles. The molecule has 2 aliphatic rings. The first-order chi connectivity index (χ1) is 10.3. The van der Waals surface area contributed by atoms with Crippen molar-refractivity contribution in [2.75, 3.05) is 7.11 Å². The molecule has 1 aliphatic carbocycles. The SMILES string of the molecule is COc1ccc(C(B2OC(C)(C)C(C)(C)O2)C2CCC2)cc1. The third kappa shape index (κ3) is 2.67. The van der Waals surface area contributed by atoms with E-state index in [4.69, 9.17) is 14.0 Å². The largest absolute Gasteiger partial charge is 0.497 e. The Kier molecular flexibility index (Phi) is 4.02. The van der Waals surface area contributed by atoms with Crippen LogP contribution >= 0.6 is 0 Å². The van der Waals surface area contributed by atoms with Crippen LogP contribution in [0.3, 0.4) is 0 Å². The second-order valence-electron chi connectivity index (χ2n) is 7.61. The van der Waals surface area contributed by atoms with Crippen LogP contribution in [0.5, 0.6) is 5.75 Å². The van der Waals surface area contributed by atoms with Gasteiger partial charge in [-0.25, -0.2) is 0 Å². The van der Waals surface area contributed by atoms with Crippen LogP contribution in [0.1, 0.15) is 58.3 Å². The fourth-order valence-electron chi connectivity index (χ4n) is 3.31. The van der Waals surface area contributed by atoms with Gasteiger partial charge in [-0.1, -0.05) is 31.4 Å². The van der Waals surface area contributed by atoms with Crippen LogP contribution in [0, 0.1) is 5.92 Å². The van der Waals surface area contributed by atoms with Crippen molar-refractivity contribution in [1.29, 1.82) is 0 Å². The maximum absolute atomic E-state index is 6.34. The number of benzene rings is 1. The molecule has 0 radical (unpaired) electrons. The van der Waals surface area contributed by atoms with Crippen molar-refractivity contribution in [1.82, 2.24) is 0 Å². The Bertz CT molecular complexity index is 504. The molecule has 120 valence electrons. The molecular weight excluding hydrogens is 275 g/mol. The zero-order chi connectivity index (χ0) is 16.0. The Morgan fingerprint density at radius 2 is 1.59 bits per heavy atom. The molecule has 2 fully saturated rings. The lowest BCUT2D eigenvalue weighted by atomic mass is 9.56. The molecule has 1 aromatic carbocycles. The molecule has 22 heavy (non-hydrogen) atoms. The highest BCUT2D eigenvalue weighted by Gasteiger charge is 2.55. The van der Waals surface area contributed by atoms with Gasteiger partial charge in [0.2, 0.25) is 0 Å². The molecule has 1 aliphatic heterocycles. The summed E-state index contributed by atoms with van der Waals surface area (Å²) < 4.78 is 18.0. The quantitative estimate of drug-likeness (QED) is 0.780. The van der Waals surface area contributed by atoms with Gasteiger partial charge in [-0.3, -0.25) is 0 Å². The number of hydrogen-bond acceptors (Lipinski definition) is 3. The first kappa shape index (κ1) is 15.9. The van der Waals surface area contributed by atoms with Gasteiger partial charge in [0.15, 0.2) is 0 Å². The highest BCUT2D eigenvalue weighted by atomic mass is 16.7. The van der Waals surface area contributed by atoms with Gasteiger partial charge in [0.1, 0.15) is 5.75 Å². The van der Waals surface area contributed by atoms with Crippen molar-refractivity contribution in [3.63, 3.8) is 0 Å². The molecule has 0 amide bonds. The highest BCUT2D eigenvalue weighted by molar-refractivity contribution is 6.47. The van der Waals surface area contributed by atoms with Crippen molar-refractivity contribution in [3.05, 3.63) is 29.8 Å². The van der Waals surface area contributed by atoms with E-state index in [-0.39, 0.29) is 18.3 Å². The van der Waals surface area contributed by atoms with Crippen LogP contribution in [-0.2, 0) is 9.31 Å². The van der Waals surface area contributed by atoms with Crippen LogP contribution < -0.4 is 4.74 Å². The summed E-state index contributed by atoms with van der Waals surface area (Å²) in [6, 6.07) is 8.39. The van der Waals surface area contributed by atoms with Crippen molar-refractivity contribution >= 4 is 7.12 Å². The Balaban J connectivity index is 1.87. The topological polar surface area (TPSA) is 27.7 Å². The van der Waals surface area contributed by atoms with E-state index in [1.54, 1.807) is 7.11 Å². The summed E-state index contributed by atoms with van der Waals surface area (Å²) in [7, 11) is 1.54. The molecule has 1 saturated heterocycles. The predicted octanol–water partition coefficient (Wildman–Crippen LogP) is 4.21. The molecule has 0 bridgehead atoms. The lowest BCUT2D eigenvalue weighted by Crippen LogP contribution is -2.41. The minimum Gasteiger partial charge on any atom is -0.497 e. The van der Waals surface area contributed by atoms with E-state index >= 15 is 0 Å². The van der Waals surface area contributed by atoms with Gasteiger partial charge in [0.05, 0.1) is 18.3 Å². The summed E-state index contributed by atoms with van der Waals surface area (Å²) in [4.78, 5) is 0. The normalized spacial score (nSPS) is 24.9. The van der Waals surface area contributed by atoms with E-state index in [0.29, 0.717) is 11.7 Å². The molecule has 3 rings (SSSR count). The van der Waals surface area contributed by atoms with E-state index < -0.39 is 0 Å². The molecule has 1 saturated carbocycles. The van der Waals surface area contributed by atoms with Gasteiger partial charge in [-0.05, 0) is 51.3 Å². The van der Waals surface area contributed by atoms with E-state index in [1.807, 2.05) is 12.1 Å². The van der Waals surface area contributed by atoms with Crippen molar-refractivity contribution in [3.8, 4) is 5.75 Å². The summed E-state index contributed by atoms with van der Waals surface area (Å²) in [5.41, 5.74) is 0.752. The third-order valence-electron chi connectivity index (χ3n) is 5.72. The second kappa shape index (κ2) is 5.57. The lowest BCUT2D eigenvalue weighted by molar-refractivity contribution is 0.00578. The summed E-state index contributed by atoms with van der Waals surface area (Å²) in [6.07, 6.45) is 3.85. The molecule has 1 atom stereocenters. The van der Waals surface area contributed by atoms with Gasteiger partial charge in [0, 0.05) is 5.82 Å². The molecule has 1 heterocycles. The molecule has 3 nitrogen and oxygen atoms in total. The van der Waals surface area contributed by atoms with Crippen LogP contribution in [0.15, 0.2) is 24.3 Å². The molecule has 1 unspecified atom stereocenters. The first-order valence-corrected chi connectivity index (χ1v) is 8.34. The first-order valence-electron chi connectivity index (χ1n) is 8.34. The maximum atomic E-state index is 6.34. The molecule has 4 heteroatoms. The van der Waals surface area contributed by atoms with E-state index in [1.165, 1.54) is 24.8 Å². The van der Waals surface area contributed by atoms with E-state index in [0.717, 1.165) is 5.75 Å². The zero-order valence-electron chi connectivity index (χ0n) is 14.4. The van der Waals surface area contributed by atoms with Gasteiger partial charge >= 0.3 is 7.12 Å². The predicted molar refractivity (Wildman–Crippen MR) is 89.2 cm³/mol. The molecule has 1 aromatic rings. The fraction of sp³-hybridized carbons (Fsp3) is 0.667. The Morgan fingerprint density at radius 1 is 1.05 bits per heavy atom. The summed E-state index contributed by atoms with van der Waals surface area (Å²) >= 11 is 0. The Hall–Kier alpha value is -0.995. The minimum atomic E-state index is -0.272. The smallest absolute Gasteiger partial charge is 0.466 e. The highest BCUT2D eigenvalue weighted by Crippen LogP contribution is 2.47. The summed E-state index contributed by atoms with van der Waals surface area (Å²) in [5, 5.41) is 0. The zero-order valence-corrected chi connectivity index (χ0v) is 14.4. The molecule has 0 N–H and O–H groups in total. The minimum absolute atomic E-state index is 0.163. The molecule has 0 spiro atoms. The fourth-order valence-corrected chi connectivity index (χ4v) is 3.31. The van der Waals surface area contributed by atoms with Crippen LogP contribution in [0.4, 0.5) is 0 Å². The average molecular weight is 302 g/mol. The maximum Gasteiger partial charge on any atom is 0.466 e. The van der Waals surface area contributed by atoms with Crippen LogP contribution in [0.2, 0.25) is 0 Å². The standard InChI is InChI=1S/C18H27BO3/c1-17(2)18(3,4)22-19(21-17)16(13-7-6-8-13)14-9-11-15(20-5)12-10-14/h9-13,16H,6-8H2,1-5H3. The number of rotatable bonds is 4.